The molecule has 0 spiro atoms. The lowest BCUT2D eigenvalue weighted by molar-refractivity contribution is 0.619. The maximum Gasteiger partial charge on any atom is 0.145 e. The summed E-state index contributed by atoms with van der Waals surface area (Å²) in [6, 6.07) is 4.89. The highest BCUT2D eigenvalue weighted by molar-refractivity contribution is 9.10. The number of hydrogen-bond acceptors (Lipinski definition) is 3. The first-order valence-corrected chi connectivity index (χ1v) is 6.22. The molecule has 0 amide bonds. The van der Waals surface area contributed by atoms with Crippen LogP contribution in [0.15, 0.2) is 28.9 Å². The summed E-state index contributed by atoms with van der Waals surface area (Å²) in [5.74, 6) is 0.374. The van der Waals surface area contributed by atoms with Crippen molar-refractivity contribution in [3.05, 3.63) is 45.8 Å². The number of nitrogen functional groups attached to an aromatic ring is 1. The summed E-state index contributed by atoms with van der Waals surface area (Å²) < 4.78 is 14.2. The predicted molar refractivity (Wildman–Crippen MR) is 75.5 cm³/mol. The Morgan fingerprint density at radius 2 is 2.00 bits per heavy atom. The summed E-state index contributed by atoms with van der Waals surface area (Å²) in [6.45, 7) is 3.61. The van der Waals surface area contributed by atoms with Crippen molar-refractivity contribution in [1.29, 1.82) is 0 Å². The van der Waals surface area contributed by atoms with E-state index in [1.807, 2.05) is 6.92 Å². The molecule has 0 aliphatic carbocycles. The molecule has 0 saturated heterocycles. The fraction of sp³-hybridized carbons (Fsp3) is 0.154. The van der Waals surface area contributed by atoms with Crippen LogP contribution in [0.4, 0.5) is 21.6 Å². The molecule has 94 valence electrons. The number of nitrogens with two attached hydrogens (primary N) is 1. The van der Waals surface area contributed by atoms with Gasteiger partial charge in [0.2, 0.25) is 0 Å². The molecule has 0 fully saturated rings. The minimum Gasteiger partial charge on any atom is -0.397 e. The van der Waals surface area contributed by atoms with Gasteiger partial charge in [-0.25, -0.2) is 9.37 Å². The molecule has 1 aromatic carbocycles. The molecule has 2 aromatic rings. The Kier molecular flexibility index (Phi) is 3.52. The van der Waals surface area contributed by atoms with Crippen LogP contribution in [0.3, 0.4) is 0 Å². The Hall–Kier alpha value is -1.62. The number of halogens is 2. The van der Waals surface area contributed by atoms with E-state index >= 15 is 0 Å². The van der Waals surface area contributed by atoms with E-state index in [1.165, 1.54) is 6.07 Å². The molecule has 0 aliphatic rings. The number of hydrogen-bond donors (Lipinski definition) is 2. The van der Waals surface area contributed by atoms with Crippen molar-refractivity contribution >= 4 is 33.1 Å². The molecular formula is C13H13BrFN3. The van der Waals surface area contributed by atoms with Crippen LogP contribution in [0.5, 0.6) is 0 Å². The van der Waals surface area contributed by atoms with Gasteiger partial charge in [0.1, 0.15) is 11.6 Å². The molecule has 1 aromatic heterocycles. The predicted octanol–water partition coefficient (Wildman–Crippen LogP) is 3.93. The van der Waals surface area contributed by atoms with E-state index in [-0.39, 0.29) is 5.82 Å². The molecule has 0 radical (unpaired) electrons. The molecule has 0 unspecified atom stereocenters. The van der Waals surface area contributed by atoms with Gasteiger partial charge in [-0.05, 0) is 47.5 Å². The van der Waals surface area contributed by atoms with Gasteiger partial charge in [-0.1, -0.05) is 6.07 Å². The van der Waals surface area contributed by atoms with Crippen LogP contribution in [0.2, 0.25) is 0 Å². The molecule has 2 rings (SSSR count). The van der Waals surface area contributed by atoms with Gasteiger partial charge in [0.15, 0.2) is 0 Å². The van der Waals surface area contributed by atoms with E-state index < -0.39 is 0 Å². The zero-order valence-electron chi connectivity index (χ0n) is 10.1. The largest absolute Gasteiger partial charge is 0.397 e. The van der Waals surface area contributed by atoms with Gasteiger partial charge in [0.25, 0.3) is 0 Å². The lowest BCUT2D eigenvalue weighted by atomic mass is 10.2. The molecule has 0 saturated carbocycles. The third-order valence-electron chi connectivity index (χ3n) is 2.82. The summed E-state index contributed by atoms with van der Waals surface area (Å²) in [6.07, 6.45) is 1.58. The van der Waals surface area contributed by atoms with Gasteiger partial charge in [0, 0.05) is 11.3 Å². The normalized spacial score (nSPS) is 10.4. The van der Waals surface area contributed by atoms with Crippen LogP contribution in [0.1, 0.15) is 11.1 Å². The minimum absolute atomic E-state index is 0.247. The molecular weight excluding hydrogens is 297 g/mol. The lowest BCUT2D eigenvalue weighted by Crippen LogP contribution is -2.01. The first kappa shape index (κ1) is 12.8. The SMILES string of the molecule is Cc1c(F)cccc1Nc1ncc(N)c(C)c1Br. The highest BCUT2D eigenvalue weighted by Crippen LogP contribution is 2.31. The van der Waals surface area contributed by atoms with Crippen molar-refractivity contribution in [2.24, 2.45) is 0 Å². The Morgan fingerprint density at radius 3 is 2.72 bits per heavy atom. The van der Waals surface area contributed by atoms with E-state index in [9.17, 15) is 4.39 Å². The Labute approximate surface area is 113 Å². The maximum atomic E-state index is 13.4. The first-order chi connectivity index (χ1) is 8.50. The van der Waals surface area contributed by atoms with Gasteiger partial charge >= 0.3 is 0 Å². The number of benzene rings is 1. The number of nitrogens with zero attached hydrogens (tertiary/aromatic N) is 1. The zero-order valence-corrected chi connectivity index (χ0v) is 11.7. The monoisotopic (exact) mass is 309 g/mol. The van der Waals surface area contributed by atoms with Crippen molar-refractivity contribution in [3.63, 3.8) is 0 Å². The second kappa shape index (κ2) is 4.94. The fourth-order valence-electron chi connectivity index (χ4n) is 1.55. The lowest BCUT2D eigenvalue weighted by Gasteiger charge is -2.12. The fourth-order valence-corrected chi connectivity index (χ4v) is 1.98. The van der Waals surface area contributed by atoms with Crippen LogP contribution in [-0.2, 0) is 0 Å². The second-order valence-electron chi connectivity index (χ2n) is 4.04. The van der Waals surface area contributed by atoms with Crippen molar-refractivity contribution in [3.8, 4) is 0 Å². The summed E-state index contributed by atoms with van der Waals surface area (Å²) in [7, 11) is 0. The Morgan fingerprint density at radius 1 is 1.28 bits per heavy atom. The van der Waals surface area contributed by atoms with Crippen LogP contribution in [0.25, 0.3) is 0 Å². The summed E-state index contributed by atoms with van der Waals surface area (Å²) in [4.78, 5) is 4.20. The highest BCUT2D eigenvalue weighted by atomic mass is 79.9. The maximum absolute atomic E-state index is 13.4. The number of pyridine rings is 1. The third kappa shape index (κ3) is 2.31. The molecule has 3 nitrogen and oxygen atoms in total. The van der Waals surface area contributed by atoms with E-state index in [0.717, 1.165) is 10.0 Å². The van der Waals surface area contributed by atoms with E-state index in [2.05, 4.69) is 26.2 Å². The number of aromatic nitrogens is 1. The highest BCUT2D eigenvalue weighted by Gasteiger charge is 2.10. The second-order valence-corrected chi connectivity index (χ2v) is 4.83. The van der Waals surface area contributed by atoms with Gasteiger partial charge in [-0.3, -0.25) is 0 Å². The van der Waals surface area contributed by atoms with Crippen LogP contribution in [-0.4, -0.2) is 4.98 Å². The quantitative estimate of drug-likeness (QED) is 0.884. The molecule has 3 N–H and O–H groups in total. The third-order valence-corrected chi connectivity index (χ3v) is 3.79. The number of rotatable bonds is 2. The van der Waals surface area contributed by atoms with Crippen molar-refractivity contribution in [2.75, 3.05) is 11.1 Å². The van der Waals surface area contributed by atoms with Crippen LogP contribution < -0.4 is 11.1 Å². The van der Waals surface area contributed by atoms with E-state index in [1.54, 1.807) is 25.3 Å². The summed E-state index contributed by atoms with van der Waals surface area (Å²) in [5.41, 5.74) is 8.52. The van der Waals surface area contributed by atoms with Gasteiger partial charge in [0.05, 0.1) is 16.4 Å². The van der Waals surface area contributed by atoms with Crippen molar-refractivity contribution in [2.45, 2.75) is 13.8 Å². The van der Waals surface area contributed by atoms with E-state index in [4.69, 9.17) is 5.73 Å². The van der Waals surface area contributed by atoms with Gasteiger partial charge < -0.3 is 11.1 Å². The Balaban J connectivity index is 2.41. The molecule has 1 heterocycles. The molecule has 0 aliphatic heterocycles. The average molecular weight is 310 g/mol. The van der Waals surface area contributed by atoms with E-state index in [0.29, 0.717) is 22.8 Å². The standard InChI is InChI=1S/C13H13BrFN3/c1-7-9(15)4-3-5-11(7)18-13-12(14)8(2)10(16)6-17-13/h3-6H,16H2,1-2H3,(H,17,18). The molecule has 5 heteroatoms. The summed E-state index contributed by atoms with van der Waals surface area (Å²) >= 11 is 3.43. The van der Waals surface area contributed by atoms with Crippen LogP contribution in [0, 0.1) is 19.7 Å². The molecule has 0 atom stereocenters. The molecule has 0 bridgehead atoms. The molecule has 18 heavy (non-hydrogen) atoms. The number of nitrogens with one attached hydrogen (secondary N) is 1. The van der Waals surface area contributed by atoms with Crippen molar-refractivity contribution < 1.29 is 4.39 Å². The van der Waals surface area contributed by atoms with Crippen molar-refractivity contribution in [1.82, 2.24) is 4.98 Å². The van der Waals surface area contributed by atoms with Crippen LogP contribution >= 0.6 is 15.9 Å². The topological polar surface area (TPSA) is 50.9 Å². The van der Waals surface area contributed by atoms with Gasteiger partial charge in [-0.15, -0.1) is 0 Å². The summed E-state index contributed by atoms with van der Waals surface area (Å²) in [5, 5.41) is 3.10. The van der Waals surface area contributed by atoms with Gasteiger partial charge in [-0.2, -0.15) is 0 Å². The zero-order chi connectivity index (χ0) is 13.3. The Bertz CT molecular complexity index is 599. The smallest absolute Gasteiger partial charge is 0.145 e. The minimum atomic E-state index is -0.247. The number of anilines is 3. The average Bonchev–Trinajstić information content (AvgIpc) is 2.35. The first-order valence-electron chi connectivity index (χ1n) is 5.43.